The number of carbonyl (C=O) groups is 2. The largest absolute Gasteiger partial charge is 0.355 e. The van der Waals surface area contributed by atoms with Crippen molar-refractivity contribution >= 4 is 23.6 Å². The van der Waals surface area contributed by atoms with Crippen molar-refractivity contribution in [3.8, 4) is 0 Å². The lowest BCUT2D eigenvalue weighted by Crippen LogP contribution is -2.36. The second kappa shape index (κ2) is 6.45. The van der Waals surface area contributed by atoms with Crippen molar-refractivity contribution in [2.75, 3.05) is 25.1 Å². The highest BCUT2D eigenvalue weighted by Gasteiger charge is 2.35. The van der Waals surface area contributed by atoms with E-state index in [2.05, 4.69) is 10.2 Å². The Hall–Kier alpha value is -0.710. The molecule has 18 heavy (non-hydrogen) atoms. The third kappa shape index (κ3) is 3.40. The van der Waals surface area contributed by atoms with Crippen LogP contribution in [0.25, 0.3) is 0 Å². The monoisotopic (exact) mass is 270 g/mol. The fourth-order valence-corrected chi connectivity index (χ4v) is 3.32. The summed E-state index contributed by atoms with van der Waals surface area (Å²) in [6.45, 7) is 1.48. The first-order valence-corrected chi connectivity index (χ1v) is 8.15. The van der Waals surface area contributed by atoms with E-state index in [9.17, 15) is 9.59 Å². The predicted octanol–water partition coefficient (Wildman–Crippen LogP) is 1.26. The van der Waals surface area contributed by atoms with Crippen molar-refractivity contribution in [2.24, 2.45) is 5.92 Å². The highest BCUT2D eigenvalue weighted by Crippen LogP contribution is 2.29. The van der Waals surface area contributed by atoms with Crippen LogP contribution in [-0.2, 0) is 9.59 Å². The smallest absolute Gasteiger partial charge is 0.229 e. The molecule has 1 aliphatic carbocycles. The number of nitrogens with one attached hydrogen (secondary N) is 1. The van der Waals surface area contributed by atoms with Gasteiger partial charge in [0, 0.05) is 31.5 Å². The lowest BCUT2D eigenvalue weighted by Gasteiger charge is -2.24. The summed E-state index contributed by atoms with van der Waals surface area (Å²) in [5.41, 5.74) is 0. The van der Waals surface area contributed by atoms with E-state index in [0.29, 0.717) is 30.7 Å². The Morgan fingerprint density at radius 1 is 1.44 bits per heavy atom. The lowest BCUT2D eigenvalue weighted by molar-refractivity contribution is -0.129. The summed E-state index contributed by atoms with van der Waals surface area (Å²) in [7, 11) is 0. The quantitative estimate of drug-likeness (QED) is 0.818. The lowest BCUT2D eigenvalue weighted by atomic mass is 10.1. The number of carbonyl (C=O) groups excluding carboxylic acids is 2. The standard InChI is InChI=1S/C13H22N2O2S/c1-18-9-12(16)14-7-10-6-13(17)15(8-10)11-4-2-3-5-11/h10-11H,2-9H2,1H3,(H,14,16)/t10-/m0/s1. The second-order valence-corrected chi connectivity index (χ2v) is 6.16. The van der Waals surface area contributed by atoms with Crippen LogP contribution in [0.5, 0.6) is 0 Å². The molecule has 2 aliphatic rings. The molecule has 1 saturated carbocycles. The fourth-order valence-electron chi connectivity index (χ4n) is 2.95. The van der Waals surface area contributed by atoms with Gasteiger partial charge in [0.15, 0.2) is 0 Å². The van der Waals surface area contributed by atoms with Crippen molar-refractivity contribution < 1.29 is 9.59 Å². The molecule has 2 amide bonds. The van der Waals surface area contributed by atoms with Gasteiger partial charge in [0.1, 0.15) is 0 Å². The predicted molar refractivity (Wildman–Crippen MR) is 73.5 cm³/mol. The van der Waals surface area contributed by atoms with Crippen LogP contribution in [0.4, 0.5) is 0 Å². The van der Waals surface area contributed by atoms with E-state index in [1.54, 1.807) is 0 Å². The number of nitrogens with zero attached hydrogens (tertiary/aromatic N) is 1. The number of likely N-dealkylation sites (tertiary alicyclic amines) is 1. The van der Waals surface area contributed by atoms with Crippen molar-refractivity contribution in [1.29, 1.82) is 0 Å². The summed E-state index contributed by atoms with van der Waals surface area (Å²) >= 11 is 1.52. The topological polar surface area (TPSA) is 49.4 Å². The van der Waals surface area contributed by atoms with Crippen molar-refractivity contribution in [2.45, 2.75) is 38.1 Å². The maximum atomic E-state index is 12.0. The SMILES string of the molecule is CSCC(=O)NC[C@@H]1CC(=O)N(C2CCCC2)C1. The van der Waals surface area contributed by atoms with Gasteiger partial charge in [-0.2, -0.15) is 11.8 Å². The zero-order chi connectivity index (χ0) is 13.0. The number of rotatable bonds is 5. The minimum absolute atomic E-state index is 0.0780. The van der Waals surface area contributed by atoms with Crippen molar-refractivity contribution in [3.63, 3.8) is 0 Å². The molecule has 1 heterocycles. The summed E-state index contributed by atoms with van der Waals surface area (Å²) in [4.78, 5) is 25.4. The minimum Gasteiger partial charge on any atom is -0.355 e. The van der Waals surface area contributed by atoms with E-state index in [4.69, 9.17) is 0 Å². The maximum absolute atomic E-state index is 12.0. The van der Waals surface area contributed by atoms with Crippen LogP contribution in [0.15, 0.2) is 0 Å². The first kappa shape index (κ1) is 13.7. The van der Waals surface area contributed by atoms with Gasteiger partial charge in [0.25, 0.3) is 0 Å². The first-order chi connectivity index (χ1) is 8.70. The van der Waals surface area contributed by atoms with Crippen molar-refractivity contribution in [1.82, 2.24) is 10.2 Å². The Bertz CT molecular complexity index is 316. The average molecular weight is 270 g/mol. The second-order valence-electron chi connectivity index (χ2n) is 5.29. The molecule has 0 radical (unpaired) electrons. The van der Waals surface area contributed by atoms with Crippen LogP contribution in [-0.4, -0.2) is 47.9 Å². The van der Waals surface area contributed by atoms with Gasteiger partial charge in [0.05, 0.1) is 5.75 Å². The molecule has 102 valence electrons. The Kier molecular flexibility index (Phi) is 4.92. The molecule has 0 aromatic rings. The Balaban J connectivity index is 1.76. The molecule has 0 spiro atoms. The van der Waals surface area contributed by atoms with Crippen LogP contribution >= 0.6 is 11.8 Å². The third-order valence-electron chi connectivity index (χ3n) is 3.87. The molecule has 1 aliphatic heterocycles. The molecule has 5 heteroatoms. The van der Waals surface area contributed by atoms with Crippen LogP contribution in [0.2, 0.25) is 0 Å². The minimum atomic E-state index is 0.0780. The molecule has 0 aromatic heterocycles. The molecule has 1 N–H and O–H groups in total. The summed E-state index contributed by atoms with van der Waals surface area (Å²) < 4.78 is 0. The zero-order valence-corrected chi connectivity index (χ0v) is 11.8. The van der Waals surface area contributed by atoms with Gasteiger partial charge in [-0.05, 0) is 19.1 Å². The molecule has 2 rings (SSSR count). The van der Waals surface area contributed by atoms with Gasteiger partial charge in [0.2, 0.25) is 11.8 Å². The molecule has 2 fully saturated rings. The van der Waals surface area contributed by atoms with Crippen molar-refractivity contribution in [3.05, 3.63) is 0 Å². The van der Waals surface area contributed by atoms with Gasteiger partial charge < -0.3 is 10.2 Å². The molecule has 4 nitrogen and oxygen atoms in total. The van der Waals surface area contributed by atoms with Crippen LogP contribution in [0.3, 0.4) is 0 Å². The normalized spacial score (nSPS) is 24.8. The summed E-state index contributed by atoms with van der Waals surface area (Å²) in [5, 5.41) is 2.92. The zero-order valence-electron chi connectivity index (χ0n) is 11.0. The highest BCUT2D eigenvalue weighted by molar-refractivity contribution is 7.99. The van der Waals surface area contributed by atoms with Crippen LogP contribution in [0.1, 0.15) is 32.1 Å². The summed E-state index contributed by atoms with van der Waals surface area (Å²) in [5.74, 6) is 1.18. The number of amides is 2. The van der Waals surface area contributed by atoms with E-state index in [1.165, 1.54) is 24.6 Å². The van der Waals surface area contributed by atoms with E-state index in [-0.39, 0.29) is 11.8 Å². The molecule has 0 unspecified atom stereocenters. The van der Waals surface area contributed by atoms with E-state index >= 15 is 0 Å². The summed E-state index contributed by atoms with van der Waals surface area (Å²) in [6.07, 6.45) is 7.36. The van der Waals surface area contributed by atoms with Gasteiger partial charge in [-0.25, -0.2) is 0 Å². The van der Waals surface area contributed by atoms with Crippen LogP contribution < -0.4 is 5.32 Å². The molecule has 1 atom stereocenters. The Labute approximate surface area is 113 Å². The van der Waals surface area contributed by atoms with E-state index < -0.39 is 0 Å². The average Bonchev–Trinajstić information content (AvgIpc) is 2.95. The van der Waals surface area contributed by atoms with Gasteiger partial charge in [-0.1, -0.05) is 12.8 Å². The number of hydrogen-bond acceptors (Lipinski definition) is 3. The molecule has 0 bridgehead atoms. The highest BCUT2D eigenvalue weighted by atomic mass is 32.2. The van der Waals surface area contributed by atoms with Gasteiger partial charge in [-0.15, -0.1) is 0 Å². The Morgan fingerprint density at radius 2 is 2.17 bits per heavy atom. The first-order valence-electron chi connectivity index (χ1n) is 6.76. The molecule has 0 aromatic carbocycles. The van der Waals surface area contributed by atoms with E-state index in [0.717, 1.165) is 19.4 Å². The van der Waals surface area contributed by atoms with Gasteiger partial charge >= 0.3 is 0 Å². The summed E-state index contributed by atoms with van der Waals surface area (Å²) in [6, 6.07) is 0.476. The van der Waals surface area contributed by atoms with E-state index in [1.807, 2.05) is 6.26 Å². The molecular formula is C13H22N2O2S. The van der Waals surface area contributed by atoms with Crippen LogP contribution in [0, 0.1) is 5.92 Å². The molecule has 1 saturated heterocycles. The Morgan fingerprint density at radius 3 is 2.83 bits per heavy atom. The number of hydrogen-bond donors (Lipinski definition) is 1. The molecular weight excluding hydrogens is 248 g/mol. The number of thioether (sulfide) groups is 1. The van der Waals surface area contributed by atoms with Gasteiger partial charge in [-0.3, -0.25) is 9.59 Å². The fraction of sp³-hybridized carbons (Fsp3) is 0.846. The third-order valence-corrected chi connectivity index (χ3v) is 4.42. The maximum Gasteiger partial charge on any atom is 0.229 e.